The van der Waals surface area contributed by atoms with Crippen LogP contribution < -0.4 is 10.6 Å². The van der Waals surface area contributed by atoms with Crippen LogP contribution in [0.25, 0.3) is 16.2 Å². The smallest absolute Gasteiger partial charge is 0.324 e. The number of nitrogens with one attached hydrogen (secondary N) is 2. The first-order chi connectivity index (χ1) is 13.1. The van der Waals surface area contributed by atoms with Crippen molar-refractivity contribution in [1.29, 1.82) is 0 Å². The fraction of sp³-hybridized carbons (Fsp3) is 0.222. The predicted molar refractivity (Wildman–Crippen MR) is 101 cm³/mol. The van der Waals surface area contributed by atoms with Gasteiger partial charge in [0.15, 0.2) is 4.96 Å². The first kappa shape index (κ1) is 17.2. The van der Waals surface area contributed by atoms with E-state index in [1.807, 2.05) is 46.4 Å². The molecule has 4 amide bonds. The predicted octanol–water partition coefficient (Wildman–Crippen LogP) is 2.33. The van der Waals surface area contributed by atoms with Gasteiger partial charge in [-0.05, 0) is 12.1 Å². The molecule has 0 saturated carbocycles. The number of hydrogen-bond donors (Lipinski definition) is 2. The molecule has 1 fully saturated rings. The minimum Gasteiger partial charge on any atom is -0.326 e. The van der Waals surface area contributed by atoms with Crippen LogP contribution in [0.3, 0.4) is 0 Å². The number of amides is 4. The molecule has 4 rings (SSSR count). The van der Waals surface area contributed by atoms with Gasteiger partial charge in [0, 0.05) is 55.0 Å². The molecule has 1 aliphatic heterocycles. The van der Waals surface area contributed by atoms with E-state index < -0.39 is 6.03 Å². The maximum atomic E-state index is 12.1. The normalized spacial score (nSPS) is 14.4. The summed E-state index contributed by atoms with van der Waals surface area (Å²) in [5.41, 5.74) is 2.53. The third-order valence-corrected chi connectivity index (χ3v) is 5.08. The minimum absolute atomic E-state index is 0.167. The molecule has 2 N–H and O–H groups in total. The number of benzene rings is 1. The van der Waals surface area contributed by atoms with E-state index in [0.717, 1.165) is 16.2 Å². The first-order valence-electron chi connectivity index (χ1n) is 8.50. The van der Waals surface area contributed by atoms with Crippen LogP contribution in [0.15, 0.2) is 42.0 Å². The number of carbonyl (C=O) groups excluding carboxylic acids is 3. The van der Waals surface area contributed by atoms with Crippen molar-refractivity contribution in [3.05, 3.63) is 42.0 Å². The van der Waals surface area contributed by atoms with Gasteiger partial charge in [0.25, 0.3) is 0 Å². The Balaban J connectivity index is 1.32. The monoisotopic (exact) mass is 383 g/mol. The number of thiazole rings is 1. The Morgan fingerprint density at radius 2 is 2.07 bits per heavy atom. The number of carbonyl (C=O) groups is 3. The van der Waals surface area contributed by atoms with Gasteiger partial charge in [0.2, 0.25) is 11.8 Å². The summed E-state index contributed by atoms with van der Waals surface area (Å²) < 4.78 is 1.97. The molecular weight excluding hydrogens is 366 g/mol. The van der Waals surface area contributed by atoms with E-state index in [1.165, 1.54) is 4.90 Å². The number of urea groups is 1. The van der Waals surface area contributed by atoms with Crippen LogP contribution in [0.1, 0.15) is 12.8 Å². The maximum absolute atomic E-state index is 12.1. The number of imide groups is 1. The molecule has 0 aliphatic carbocycles. The Kier molecular flexibility index (Phi) is 4.59. The molecule has 2 aromatic heterocycles. The van der Waals surface area contributed by atoms with Gasteiger partial charge in [0.05, 0.1) is 5.69 Å². The van der Waals surface area contributed by atoms with Crippen molar-refractivity contribution in [2.24, 2.45) is 0 Å². The lowest BCUT2D eigenvalue weighted by Gasteiger charge is -2.26. The maximum Gasteiger partial charge on any atom is 0.324 e. The van der Waals surface area contributed by atoms with Crippen LogP contribution in [-0.4, -0.2) is 45.2 Å². The summed E-state index contributed by atoms with van der Waals surface area (Å²) in [6, 6.07) is 7.03. The molecule has 8 nitrogen and oxygen atoms in total. The van der Waals surface area contributed by atoms with Crippen LogP contribution in [0.4, 0.5) is 10.5 Å². The Labute approximate surface area is 158 Å². The second-order valence-electron chi connectivity index (χ2n) is 6.18. The fourth-order valence-corrected chi connectivity index (χ4v) is 3.56. The van der Waals surface area contributed by atoms with Crippen LogP contribution in [0, 0.1) is 0 Å². The Hall–Kier alpha value is -3.20. The summed E-state index contributed by atoms with van der Waals surface area (Å²) in [4.78, 5) is 41.8. The van der Waals surface area contributed by atoms with E-state index >= 15 is 0 Å². The third-order valence-electron chi connectivity index (χ3n) is 4.31. The van der Waals surface area contributed by atoms with Crippen molar-refractivity contribution < 1.29 is 14.4 Å². The molecule has 138 valence electrons. The molecule has 0 spiro atoms. The summed E-state index contributed by atoms with van der Waals surface area (Å²) in [5, 5.41) is 7.04. The number of fused-ring (bicyclic) bond motifs is 1. The molecule has 0 atom stereocenters. The average molecular weight is 383 g/mol. The minimum atomic E-state index is -0.441. The van der Waals surface area contributed by atoms with Gasteiger partial charge >= 0.3 is 6.03 Å². The Morgan fingerprint density at radius 1 is 1.26 bits per heavy atom. The molecule has 0 unspecified atom stereocenters. The Bertz CT molecular complexity index is 979. The highest BCUT2D eigenvalue weighted by molar-refractivity contribution is 7.15. The standard InChI is InChI=1S/C18H17N5O3S/c24-15(5-7-22-8-6-16(25)21-17(22)26)19-13-3-1-12(2-4-13)14-11-23-9-10-27-18(23)20-14/h1-4,9-11H,5-8H2,(H,19,24)(H,21,25,26). The summed E-state index contributed by atoms with van der Waals surface area (Å²) in [6.45, 7) is 0.614. The quantitative estimate of drug-likeness (QED) is 0.707. The number of hydrogen-bond acceptors (Lipinski definition) is 5. The van der Waals surface area contributed by atoms with Crippen molar-refractivity contribution >= 4 is 39.8 Å². The zero-order valence-electron chi connectivity index (χ0n) is 14.3. The molecule has 0 bridgehead atoms. The number of imidazole rings is 1. The van der Waals surface area contributed by atoms with Gasteiger partial charge in [0.1, 0.15) is 0 Å². The summed E-state index contributed by atoms with van der Waals surface area (Å²) >= 11 is 1.58. The molecule has 9 heteroatoms. The zero-order chi connectivity index (χ0) is 18.8. The molecule has 1 aromatic carbocycles. The molecular formula is C18H17N5O3S. The van der Waals surface area contributed by atoms with Crippen LogP contribution in [-0.2, 0) is 9.59 Å². The van der Waals surface area contributed by atoms with E-state index in [2.05, 4.69) is 15.6 Å². The molecule has 27 heavy (non-hydrogen) atoms. The second kappa shape index (κ2) is 7.20. The molecule has 1 saturated heterocycles. The molecule has 3 aromatic rings. The van der Waals surface area contributed by atoms with Gasteiger partial charge < -0.3 is 10.2 Å². The van der Waals surface area contributed by atoms with Crippen molar-refractivity contribution in [3.63, 3.8) is 0 Å². The van der Waals surface area contributed by atoms with Crippen LogP contribution in [0.5, 0.6) is 0 Å². The topological polar surface area (TPSA) is 95.8 Å². The largest absolute Gasteiger partial charge is 0.326 e. The lowest BCUT2D eigenvalue weighted by atomic mass is 10.1. The number of rotatable bonds is 5. The number of anilines is 1. The molecule has 3 heterocycles. The van der Waals surface area contributed by atoms with Gasteiger partial charge in [-0.3, -0.25) is 19.3 Å². The van der Waals surface area contributed by atoms with Crippen molar-refractivity contribution in [2.75, 3.05) is 18.4 Å². The Morgan fingerprint density at radius 3 is 2.81 bits per heavy atom. The highest BCUT2D eigenvalue weighted by Gasteiger charge is 2.23. The number of aromatic nitrogens is 2. The van der Waals surface area contributed by atoms with Gasteiger partial charge in [-0.15, -0.1) is 11.3 Å². The lowest BCUT2D eigenvalue weighted by Crippen LogP contribution is -2.50. The lowest BCUT2D eigenvalue weighted by molar-refractivity contribution is -0.121. The zero-order valence-corrected chi connectivity index (χ0v) is 15.2. The van der Waals surface area contributed by atoms with E-state index in [1.54, 1.807) is 11.3 Å². The van der Waals surface area contributed by atoms with Crippen molar-refractivity contribution in [3.8, 4) is 11.3 Å². The third kappa shape index (κ3) is 3.82. The number of nitrogens with zero attached hydrogens (tertiary/aromatic N) is 3. The van der Waals surface area contributed by atoms with Gasteiger partial charge in [-0.1, -0.05) is 12.1 Å². The van der Waals surface area contributed by atoms with Crippen molar-refractivity contribution in [2.45, 2.75) is 12.8 Å². The SMILES string of the molecule is O=C1CCN(CCC(=O)Nc2ccc(-c3cn4ccsc4n3)cc2)C(=O)N1. The molecule has 0 radical (unpaired) electrons. The fourth-order valence-electron chi connectivity index (χ4n) is 2.86. The highest BCUT2D eigenvalue weighted by atomic mass is 32.1. The second-order valence-corrected chi connectivity index (χ2v) is 7.06. The van der Waals surface area contributed by atoms with Crippen LogP contribution in [0.2, 0.25) is 0 Å². The average Bonchev–Trinajstić information content (AvgIpc) is 3.23. The molecule has 1 aliphatic rings. The summed E-state index contributed by atoms with van der Waals surface area (Å²) in [5.74, 6) is -0.465. The first-order valence-corrected chi connectivity index (χ1v) is 9.38. The van der Waals surface area contributed by atoms with E-state index in [9.17, 15) is 14.4 Å². The van der Waals surface area contributed by atoms with E-state index in [4.69, 9.17) is 0 Å². The van der Waals surface area contributed by atoms with E-state index in [0.29, 0.717) is 12.2 Å². The van der Waals surface area contributed by atoms with E-state index in [-0.39, 0.29) is 31.2 Å². The van der Waals surface area contributed by atoms with Crippen molar-refractivity contribution in [1.82, 2.24) is 19.6 Å². The highest BCUT2D eigenvalue weighted by Crippen LogP contribution is 2.23. The summed E-state index contributed by atoms with van der Waals surface area (Å²) in [7, 11) is 0. The van der Waals surface area contributed by atoms with Gasteiger partial charge in [-0.25, -0.2) is 9.78 Å². The van der Waals surface area contributed by atoms with Crippen LogP contribution >= 0.6 is 11.3 Å². The van der Waals surface area contributed by atoms with Gasteiger partial charge in [-0.2, -0.15) is 0 Å². The summed E-state index contributed by atoms with van der Waals surface area (Å²) in [6.07, 6.45) is 4.36.